The molecule has 32 heavy (non-hydrogen) atoms. The number of aliphatic hydroxyl groups is 3. The summed E-state index contributed by atoms with van der Waals surface area (Å²) in [5.74, 6) is -7.75. The Balaban J connectivity index is 1.75. The summed E-state index contributed by atoms with van der Waals surface area (Å²) in [7, 11) is 3.58. The zero-order chi connectivity index (χ0) is 23.3. The van der Waals surface area contributed by atoms with Crippen LogP contribution >= 0.6 is 0 Å². The number of fused-ring (bicyclic) bond motifs is 2. The number of oxime groups is 1. The number of hydrogen-bond acceptors (Lipinski definition) is 10. The fraction of sp³-hybridized carbons (Fsp3) is 0.381. The summed E-state index contributed by atoms with van der Waals surface area (Å²) in [6.07, 6.45) is 0.296. The molecule has 1 aromatic rings. The molecule has 1 spiro atoms. The maximum absolute atomic E-state index is 13.5. The van der Waals surface area contributed by atoms with Gasteiger partial charge in [-0.1, -0.05) is 5.16 Å². The Morgan fingerprint density at radius 1 is 1.28 bits per heavy atom. The van der Waals surface area contributed by atoms with E-state index in [2.05, 4.69) is 5.16 Å². The van der Waals surface area contributed by atoms with Gasteiger partial charge in [0, 0.05) is 25.4 Å². The van der Waals surface area contributed by atoms with Gasteiger partial charge in [-0.2, -0.15) is 0 Å². The largest absolute Gasteiger partial charge is 0.509 e. The molecule has 0 bridgehead atoms. The number of primary amides is 1. The molecular formula is C21H21N3O8. The number of nitrogens with two attached hydrogens (primary N) is 1. The van der Waals surface area contributed by atoms with Crippen LogP contribution in [-0.4, -0.2) is 68.5 Å². The number of Topliss-reactive ketones (excluding diaryl/α,β-unsaturated/α-hetero) is 1. The summed E-state index contributed by atoms with van der Waals surface area (Å²) in [5, 5.41) is 55.8. The molecule has 3 unspecified atom stereocenters. The number of epoxide rings is 1. The van der Waals surface area contributed by atoms with Crippen LogP contribution in [0, 0.1) is 11.8 Å². The van der Waals surface area contributed by atoms with Crippen LogP contribution in [0.15, 0.2) is 40.0 Å². The summed E-state index contributed by atoms with van der Waals surface area (Å²) in [5.41, 5.74) is 3.39. The summed E-state index contributed by atoms with van der Waals surface area (Å²) < 4.78 is 5.44. The van der Waals surface area contributed by atoms with E-state index in [0.717, 1.165) is 0 Å². The molecule has 7 N–H and O–H groups in total. The summed E-state index contributed by atoms with van der Waals surface area (Å²) in [6, 6.07) is 3.07. The van der Waals surface area contributed by atoms with Crippen molar-refractivity contribution in [2.24, 2.45) is 22.7 Å². The lowest BCUT2D eigenvalue weighted by Crippen LogP contribution is -2.53. The Hall–Kier alpha value is -3.57. The number of carbonyl (C=O) groups excluding carboxylic acids is 2. The van der Waals surface area contributed by atoms with Gasteiger partial charge in [-0.05, 0) is 36.5 Å². The normalized spacial score (nSPS) is 34.0. The number of carbonyl (C=O) groups is 2. The predicted octanol–water partition coefficient (Wildman–Crippen LogP) is 0.244. The van der Waals surface area contributed by atoms with Crippen molar-refractivity contribution in [3.63, 3.8) is 0 Å². The molecule has 4 aliphatic rings. The number of ketones is 1. The molecule has 1 fully saturated rings. The third-order valence-electron chi connectivity index (χ3n) is 6.97. The Morgan fingerprint density at radius 2 is 1.97 bits per heavy atom. The van der Waals surface area contributed by atoms with Crippen LogP contribution < -0.4 is 10.6 Å². The van der Waals surface area contributed by atoms with E-state index in [9.17, 15) is 35.2 Å². The third kappa shape index (κ3) is 2.09. The molecule has 0 saturated carbocycles. The standard InChI is InChI=1S/C21H21N3O8/c1-24(2)10-3-4-11(25)13-8(10)5-7-6-9-15(23-31)17(27)14(19(22)29)21(30)20(9,32-21)18(28)12(7)16(13)26/h3-4,7,9,25,27-28,30-31H,5-6H2,1-2H3,(H2,22,29)/b23-15-/t7?,9?,20-,21?/m0/s1. The average Bonchev–Trinajstić information content (AvgIpc) is 3.33. The van der Waals surface area contributed by atoms with Crippen molar-refractivity contribution in [3.05, 3.63) is 45.9 Å². The maximum atomic E-state index is 13.5. The highest BCUT2D eigenvalue weighted by Gasteiger charge is 2.84. The molecule has 1 amide bonds. The fourth-order valence-corrected chi connectivity index (χ4v) is 5.61. The first kappa shape index (κ1) is 20.3. The van der Waals surface area contributed by atoms with E-state index in [0.29, 0.717) is 11.3 Å². The highest BCUT2D eigenvalue weighted by molar-refractivity contribution is 6.16. The molecule has 3 aliphatic carbocycles. The highest BCUT2D eigenvalue weighted by Crippen LogP contribution is 2.67. The smallest absolute Gasteiger partial charge is 0.254 e. The molecule has 11 nitrogen and oxygen atoms in total. The lowest BCUT2D eigenvalue weighted by atomic mass is 9.61. The van der Waals surface area contributed by atoms with E-state index in [-0.39, 0.29) is 35.4 Å². The molecule has 1 aromatic carbocycles. The zero-order valence-corrected chi connectivity index (χ0v) is 17.2. The summed E-state index contributed by atoms with van der Waals surface area (Å²) >= 11 is 0. The molecule has 5 rings (SSSR count). The number of phenols is 1. The van der Waals surface area contributed by atoms with Crippen LogP contribution in [-0.2, 0) is 16.0 Å². The molecule has 0 aromatic heterocycles. The monoisotopic (exact) mass is 443 g/mol. The second-order valence-electron chi connectivity index (χ2n) is 8.69. The van der Waals surface area contributed by atoms with Gasteiger partial charge >= 0.3 is 0 Å². The number of ether oxygens (including phenoxy) is 1. The second kappa shape index (κ2) is 6.02. The van der Waals surface area contributed by atoms with Crippen molar-refractivity contribution in [3.8, 4) is 5.75 Å². The number of allylic oxidation sites excluding steroid dienone is 2. The minimum absolute atomic E-state index is 0.0356. The Kier molecular flexibility index (Phi) is 3.82. The molecule has 11 heteroatoms. The first-order valence-electron chi connectivity index (χ1n) is 9.90. The van der Waals surface area contributed by atoms with Crippen molar-refractivity contribution < 1.29 is 40.0 Å². The number of aromatic hydroxyl groups is 1. The minimum atomic E-state index is -2.49. The number of rotatable bonds is 2. The molecule has 0 radical (unpaired) electrons. The van der Waals surface area contributed by atoms with E-state index in [1.54, 1.807) is 25.1 Å². The first-order valence-corrected chi connectivity index (χ1v) is 9.90. The molecular weight excluding hydrogens is 422 g/mol. The fourth-order valence-electron chi connectivity index (χ4n) is 5.61. The number of nitrogens with zero attached hydrogens (tertiary/aromatic N) is 2. The van der Waals surface area contributed by atoms with E-state index >= 15 is 0 Å². The summed E-state index contributed by atoms with van der Waals surface area (Å²) in [6.45, 7) is 0. The van der Waals surface area contributed by atoms with Crippen molar-refractivity contribution in [2.45, 2.75) is 24.2 Å². The van der Waals surface area contributed by atoms with E-state index in [4.69, 9.17) is 10.5 Å². The lowest BCUT2D eigenvalue weighted by molar-refractivity contribution is -0.117. The van der Waals surface area contributed by atoms with Crippen molar-refractivity contribution in [1.82, 2.24) is 0 Å². The lowest BCUT2D eigenvalue weighted by Gasteiger charge is -2.41. The molecule has 4 atom stereocenters. The van der Waals surface area contributed by atoms with Crippen LogP contribution in [0.1, 0.15) is 22.3 Å². The average molecular weight is 443 g/mol. The SMILES string of the molecule is CN(C)c1ccc(O)c2c1CC1CC3/C(=N/O)C(O)=C(C(N)=O)C4(O)O[C@]34C(O)=C1C2=O. The van der Waals surface area contributed by atoms with Gasteiger partial charge in [-0.3, -0.25) is 9.59 Å². The van der Waals surface area contributed by atoms with Crippen LogP contribution in [0.5, 0.6) is 5.75 Å². The molecule has 168 valence electrons. The number of benzene rings is 1. The Morgan fingerprint density at radius 3 is 2.56 bits per heavy atom. The van der Waals surface area contributed by atoms with Gasteiger partial charge in [-0.25, -0.2) is 0 Å². The molecule has 1 aliphatic heterocycles. The van der Waals surface area contributed by atoms with Gasteiger partial charge in [0.15, 0.2) is 17.1 Å². The first-order chi connectivity index (χ1) is 15.0. The van der Waals surface area contributed by atoms with Gasteiger partial charge in [0.1, 0.15) is 22.8 Å². The Labute approximate surface area is 181 Å². The predicted molar refractivity (Wildman–Crippen MR) is 109 cm³/mol. The van der Waals surface area contributed by atoms with Gasteiger partial charge < -0.3 is 41.0 Å². The molecule has 1 saturated heterocycles. The quantitative estimate of drug-likeness (QED) is 0.211. The maximum Gasteiger partial charge on any atom is 0.254 e. The van der Waals surface area contributed by atoms with E-state index < -0.39 is 52.0 Å². The number of anilines is 1. The van der Waals surface area contributed by atoms with Crippen LogP contribution in [0.2, 0.25) is 0 Å². The number of hydrogen-bond donors (Lipinski definition) is 6. The van der Waals surface area contributed by atoms with Crippen LogP contribution in [0.4, 0.5) is 5.69 Å². The van der Waals surface area contributed by atoms with Crippen LogP contribution in [0.3, 0.4) is 0 Å². The van der Waals surface area contributed by atoms with Gasteiger partial charge in [0.05, 0.1) is 11.5 Å². The second-order valence-corrected chi connectivity index (χ2v) is 8.69. The van der Waals surface area contributed by atoms with Gasteiger partial charge in [0.25, 0.3) is 5.91 Å². The highest BCUT2D eigenvalue weighted by atomic mass is 16.8. The van der Waals surface area contributed by atoms with Crippen LogP contribution in [0.25, 0.3) is 0 Å². The third-order valence-corrected chi connectivity index (χ3v) is 6.97. The van der Waals surface area contributed by atoms with Crippen molar-refractivity contribution in [2.75, 3.05) is 19.0 Å². The Bertz CT molecular complexity index is 1220. The zero-order valence-electron chi connectivity index (χ0n) is 17.2. The topological polar surface area (TPSA) is 189 Å². The number of amides is 1. The van der Waals surface area contributed by atoms with E-state index in [1.165, 1.54) is 6.07 Å². The molecule has 1 heterocycles. The number of phenolic OH excluding ortho intramolecular Hbond substituents is 1. The number of aliphatic hydroxyl groups excluding tert-OH is 2. The minimum Gasteiger partial charge on any atom is -0.509 e. The van der Waals surface area contributed by atoms with Gasteiger partial charge in [0.2, 0.25) is 5.79 Å². The summed E-state index contributed by atoms with van der Waals surface area (Å²) in [4.78, 5) is 27.2. The van der Waals surface area contributed by atoms with E-state index in [1.807, 2.05) is 0 Å². The van der Waals surface area contributed by atoms with Crippen molar-refractivity contribution >= 4 is 23.1 Å². The van der Waals surface area contributed by atoms with Crippen molar-refractivity contribution in [1.29, 1.82) is 0 Å². The van der Waals surface area contributed by atoms with Gasteiger partial charge in [-0.15, -0.1) is 0 Å².